The lowest BCUT2D eigenvalue weighted by atomic mass is 9.97. The number of carbonyl (C=O) groups is 1. The Morgan fingerprint density at radius 1 is 1.27 bits per heavy atom. The van der Waals surface area contributed by atoms with Gasteiger partial charge in [0.2, 0.25) is 5.72 Å². The number of benzene rings is 1. The van der Waals surface area contributed by atoms with Crippen molar-refractivity contribution in [2.75, 3.05) is 31.6 Å². The number of nitrogens with zero attached hydrogens (tertiary/aromatic N) is 2. The van der Waals surface area contributed by atoms with Crippen LogP contribution in [0, 0.1) is 5.82 Å². The lowest BCUT2D eigenvalue weighted by Gasteiger charge is -2.30. The number of hydrogen-bond acceptors (Lipinski definition) is 7. The Kier molecular flexibility index (Phi) is 5.53. The number of fused-ring (bicyclic) bond motifs is 1. The van der Waals surface area contributed by atoms with Gasteiger partial charge in [-0.1, -0.05) is 11.6 Å². The first-order chi connectivity index (χ1) is 16.0. The molecule has 3 aliphatic heterocycles. The molecule has 0 radical (unpaired) electrons. The zero-order valence-electron chi connectivity index (χ0n) is 17.5. The third-order valence-corrected chi connectivity index (χ3v) is 5.92. The van der Waals surface area contributed by atoms with Crippen LogP contribution in [0.5, 0.6) is 0 Å². The molecule has 8 nitrogen and oxygen atoms in total. The van der Waals surface area contributed by atoms with Crippen LogP contribution in [0.3, 0.4) is 0 Å². The largest absolute Gasteiger partial charge is 0.461 e. The van der Waals surface area contributed by atoms with Gasteiger partial charge in [-0.25, -0.2) is 4.39 Å². The van der Waals surface area contributed by atoms with E-state index in [0.29, 0.717) is 49.0 Å². The van der Waals surface area contributed by atoms with E-state index in [9.17, 15) is 9.18 Å². The monoisotopic (exact) mass is 469 g/mol. The number of morpholine rings is 1. The first kappa shape index (κ1) is 21.4. The van der Waals surface area contributed by atoms with Crippen molar-refractivity contribution in [1.82, 2.24) is 15.2 Å². The SMILES string of the molecule is NC1(c2ccnc(C(=O)N3CCOCC3)c2)OC2=CNC=CC2=C1Nc1ccc(F)c(Cl)c1. The maximum atomic E-state index is 13.7. The van der Waals surface area contributed by atoms with Crippen LogP contribution in [0.25, 0.3) is 0 Å². The molecule has 1 aromatic heterocycles. The molecule has 1 atom stereocenters. The summed E-state index contributed by atoms with van der Waals surface area (Å²) in [6.07, 6.45) is 6.78. The highest BCUT2D eigenvalue weighted by atomic mass is 35.5. The number of dihydropyridines is 1. The van der Waals surface area contributed by atoms with Gasteiger partial charge in [-0.05, 0) is 36.4 Å². The molecule has 0 aliphatic carbocycles. The molecule has 10 heteroatoms. The highest BCUT2D eigenvalue weighted by molar-refractivity contribution is 6.31. The molecule has 1 aromatic carbocycles. The third-order valence-electron chi connectivity index (χ3n) is 5.63. The predicted octanol–water partition coefficient (Wildman–Crippen LogP) is 2.81. The van der Waals surface area contributed by atoms with E-state index in [1.807, 2.05) is 6.08 Å². The first-order valence-electron chi connectivity index (χ1n) is 10.4. The van der Waals surface area contributed by atoms with Crippen LogP contribution in [-0.4, -0.2) is 42.1 Å². The third kappa shape index (κ3) is 3.95. The lowest BCUT2D eigenvalue weighted by Crippen LogP contribution is -2.42. The van der Waals surface area contributed by atoms with Gasteiger partial charge in [0, 0.05) is 48.5 Å². The maximum absolute atomic E-state index is 13.7. The molecule has 4 heterocycles. The number of halogens is 2. The van der Waals surface area contributed by atoms with Crippen molar-refractivity contribution >= 4 is 23.2 Å². The van der Waals surface area contributed by atoms with E-state index < -0.39 is 11.5 Å². The van der Waals surface area contributed by atoms with Crippen LogP contribution in [0.2, 0.25) is 5.02 Å². The Morgan fingerprint density at radius 3 is 2.88 bits per heavy atom. The fraction of sp³-hybridized carbons (Fsp3) is 0.217. The van der Waals surface area contributed by atoms with Crippen LogP contribution in [-0.2, 0) is 15.2 Å². The minimum absolute atomic E-state index is 0.0222. The van der Waals surface area contributed by atoms with Crippen molar-refractivity contribution in [3.05, 3.63) is 94.1 Å². The summed E-state index contributed by atoms with van der Waals surface area (Å²) in [5, 5.41) is 6.19. The van der Waals surface area contributed by atoms with Crippen molar-refractivity contribution in [3.8, 4) is 0 Å². The zero-order valence-corrected chi connectivity index (χ0v) is 18.2. The summed E-state index contributed by atoms with van der Waals surface area (Å²) < 4.78 is 25.2. The van der Waals surface area contributed by atoms with E-state index >= 15 is 0 Å². The van der Waals surface area contributed by atoms with Gasteiger partial charge in [0.25, 0.3) is 5.91 Å². The fourth-order valence-electron chi connectivity index (χ4n) is 3.92. The molecule has 1 fully saturated rings. The summed E-state index contributed by atoms with van der Waals surface area (Å²) in [6, 6.07) is 7.63. The number of ether oxygens (including phenoxy) is 2. The van der Waals surface area contributed by atoms with E-state index in [2.05, 4.69) is 15.6 Å². The zero-order chi connectivity index (χ0) is 23.0. The molecule has 5 rings (SSSR count). The molecule has 1 saturated heterocycles. The molecule has 1 unspecified atom stereocenters. The van der Waals surface area contributed by atoms with Crippen LogP contribution in [0.15, 0.2) is 72.0 Å². The summed E-state index contributed by atoms with van der Waals surface area (Å²) in [5.41, 5.74) is 7.93. The average molecular weight is 470 g/mol. The number of allylic oxidation sites excluding steroid dienone is 1. The van der Waals surface area contributed by atoms with E-state index in [-0.39, 0.29) is 16.6 Å². The summed E-state index contributed by atoms with van der Waals surface area (Å²) >= 11 is 5.97. The second-order valence-electron chi connectivity index (χ2n) is 7.72. The number of hydrogen-bond donors (Lipinski definition) is 3. The van der Waals surface area contributed by atoms with Gasteiger partial charge >= 0.3 is 0 Å². The summed E-state index contributed by atoms with van der Waals surface area (Å²) in [6.45, 7) is 1.98. The average Bonchev–Trinajstić information content (AvgIpc) is 3.14. The number of carbonyl (C=O) groups excluding carboxylic acids is 1. The summed E-state index contributed by atoms with van der Waals surface area (Å²) in [5.74, 6) is -0.203. The summed E-state index contributed by atoms with van der Waals surface area (Å²) in [4.78, 5) is 18.9. The quantitative estimate of drug-likeness (QED) is 0.632. The second-order valence-corrected chi connectivity index (χ2v) is 8.13. The molecule has 170 valence electrons. The van der Waals surface area contributed by atoms with Crippen molar-refractivity contribution < 1.29 is 18.7 Å². The normalized spacial score (nSPS) is 21.8. The molecule has 2 aromatic rings. The van der Waals surface area contributed by atoms with E-state index in [1.165, 1.54) is 18.3 Å². The first-order valence-corrected chi connectivity index (χ1v) is 10.7. The Morgan fingerprint density at radius 2 is 2.09 bits per heavy atom. The van der Waals surface area contributed by atoms with E-state index in [0.717, 1.165) is 5.57 Å². The fourth-order valence-corrected chi connectivity index (χ4v) is 4.10. The number of anilines is 1. The number of pyridine rings is 1. The number of nitrogens with one attached hydrogen (secondary N) is 2. The van der Waals surface area contributed by atoms with E-state index in [1.54, 1.807) is 35.5 Å². The van der Waals surface area contributed by atoms with Gasteiger partial charge in [0.05, 0.1) is 23.9 Å². The van der Waals surface area contributed by atoms with Gasteiger partial charge in [-0.15, -0.1) is 0 Å². The van der Waals surface area contributed by atoms with Gasteiger partial charge in [0.15, 0.2) is 0 Å². The minimum atomic E-state index is -1.46. The van der Waals surface area contributed by atoms with Crippen LogP contribution in [0.1, 0.15) is 16.1 Å². The van der Waals surface area contributed by atoms with Crippen molar-refractivity contribution in [1.29, 1.82) is 0 Å². The van der Waals surface area contributed by atoms with Crippen molar-refractivity contribution in [3.63, 3.8) is 0 Å². The van der Waals surface area contributed by atoms with Gasteiger partial charge in [-0.2, -0.15) is 0 Å². The summed E-state index contributed by atoms with van der Waals surface area (Å²) in [7, 11) is 0. The molecule has 0 spiro atoms. The molecular formula is C23H21ClFN5O3. The number of rotatable bonds is 4. The lowest BCUT2D eigenvalue weighted by molar-refractivity contribution is 0.0298. The molecule has 3 aliphatic rings. The predicted molar refractivity (Wildman–Crippen MR) is 120 cm³/mol. The Labute approximate surface area is 194 Å². The maximum Gasteiger partial charge on any atom is 0.272 e. The van der Waals surface area contributed by atoms with Gasteiger partial charge in [0.1, 0.15) is 17.3 Å². The Hall–Kier alpha value is -3.40. The molecule has 0 saturated carbocycles. The topological polar surface area (TPSA) is 102 Å². The van der Waals surface area contributed by atoms with Gasteiger partial charge in [-0.3, -0.25) is 15.5 Å². The minimum Gasteiger partial charge on any atom is -0.461 e. The van der Waals surface area contributed by atoms with Crippen molar-refractivity contribution in [2.45, 2.75) is 5.72 Å². The van der Waals surface area contributed by atoms with Gasteiger partial charge < -0.3 is 25.0 Å². The molecule has 0 bridgehead atoms. The van der Waals surface area contributed by atoms with Crippen LogP contribution < -0.4 is 16.4 Å². The molecule has 33 heavy (non-hydrogen) atoms. The number of amides is 1. The second kappa shape index (κ2) is 8.51. The molecule has 1 amide bonds. The molecular weight excluding hydrogens is 449 g/mol. The standard InChI is InChI=1S/C23H21ClFN5O3/c24-17-12-15(1-2-18(17)25)29-21-16-4-5-27-13-20(16)33-23(21,26)14-3-6-28-19(11-14)22(31)30-7-9-32-10-8-30/h1-6,11-13,27,29H,7-10,26H2. The van der Waals surface area contributed by atoms with Crippen molar-refractivity contribution in [2.24, 2.45) is 5.73 Å². The van der Waals surface area contributed by atoms with E-state index in [4.69, 9.17) is 26.8 Å². The number of aromatic nitrogens is 1. The Balaban J connectivity index is 1.53. The highest BCUT2D eigenvalue weighted by Gasteiger charge is 2.45. The highest BCUT2D eigenvalue weighted by Crippen LogP contribution is 2.43. The van der Waals surface area contributed by atoms with Crippen LogP contribution >= 0.6 is 11.6 Å². The number of nitrogens with two attached hydrogens (primary N) is 1. The smallest absolute Gasteiger partial charge is 0.272 e. The Bertz CT molecular complexity index is 1210. The van der Waals surface area contributed by atoms with Crippen LogP contribution in [0.4, 0.5) is 10.1 Å². The molecule has 4 N–H and O–H groups in total.